The number of anilines is 1. The highest BCUT2D eigenvalue weighted by Gasteiger charge is 2.27. The van der Waals surface area contributed by atoms with Gasteiger partial charge in [0.1, 0.15) is 6.54 Å². The average molecular weight is 531 g/mol. The molecule has 0 aliphatic carbocycles. The van der Waals surface area contributed by atoms with Gasteiger partial charge in [0, 0.05) is 17.3 Å². The van der Waals surface area contributed by atoms with Gasteiger partial charge < -0.3 is 5.32 Å². The highest BCUT2D eigenvalue weighted by Crippen LogP contribution is 2.28. The minimum absolute atomic E-state index is 0.125. The van der Waals surface area contributed by atoms with Crippen LogP contribution in [0.3, 0.4) is 0 Å². The van der Waals surface area contributed by atoms with Gasteiger partial charge in [-0.1, -0.05) is 65.2 Å². The molecule has 186 valence electrons. The summed E-state index contributed by atoms with van der Waals surface area (Å²) in [6.45, 7) is 5.95. The van der Waals surface area contributed by atoms with Crippen LogP contribution in [0.15, 0.2) is 71.6 Å². The smallest absolute Gasteiger partial charge is 0.264 e. The maximum atomic E-state index is 13.4. The zero-order valence-corrected chi connectivity index (χ0v) is 22.6. The Morgan fingerprint density at radius 1 is 0.943 bits per heavy atom. The highest BCUT2D eigenvalue weighted by molar-refractivity contribution is 7.98. The molecule has 3 aromatic rings. The topological polar surface area (TPSA) is 66.5 Å². The van der Waals surface area contributed by atoms with Crippen LogP contribution >= 0.6 is 23.4 Å². The quantitative estimate of drug-likeness (QED) is 0.313. The van der Waals surface area contributed by atoms with Crippen LogP contribution in [0.4, 0.5) is 5.69 Å². The summed E-state index contributed by atoms with van der Waals surface area (Å²) in [7, 11) is -3.96. The van der Waals surface area contributed by atoms with Crippen LogP contribution in [0.2, 0.25) is 5.02 Å². The van der Waals surface area contributed by atoms with Crippen LogP contribution in [-0.2, 0) is 20.6 Å². The Morgan fingerprint density at radius 3 is 2.20 bits per heavy atom. The molecule has 1 N–H and O–H groups in total. The number of aryl methyl sites for hydroxylation is 3. The molecule has 0 heterocycles. The van der Waals surface area contributed by atoms with Crippen molar-refractivity contribution >= 4 is 45.0 Å². The Morgan fingerprint density at radius 2 is 1.57 bits per heavy atom. The second kappa shape index (κ2) is 12.5. The van der Waals surface area contributed by atoms with Crippen molar-refractivity contribution in [3.63, 3.8) is 0 Å². The predicted octanol–water partition coefficient (Wildman–Crippen LogP) is 5.90. The predicted molar refractivity (Wildman–Crippen MR) is 147 cm³/mol. The lowest BCUT2D eigenvalue weighted by atomic mass is 10.2. The zero-order chi connectivity index (χ0) is 25.4. The first-order valence-electron chi connectivity index (χ1n) is 11.4. The second-order valence-electron chi connectivity index (χ2n) is 8.50. The number of rotatable bonds is 11. The molecule has 0 aromatic heterocycles. The van der Waals surface area contributed by atoms with E-state index in [2.05, 4.69) is 36.5 Å². The van der Waals surface area contributed by atoms with Crippen molar-refractivity contribution in [2.24, 2.45) is 0 Å². The Bertz CT molecular complexity index is 1240. The first-order chi connectivity index (χ1) is 16.7. The lowest BCUT2D eigenvalue weighted by molar-refractivity contribution is -0.119. The number of carbonyl (C=O) groups excluding carboxylic acids is 1. The fourth-order valence-corrected chi connectivity index (χ4v) is 5.86. The van der Waals surface area contributed by atoms with Crippen molar-refractivity contribution in [2.75, 3.05) is 23.1 Å². The second-order valence-corrected chi connectivity index (χ2v) is 11.9. The fraction of sp³-hybridized carbons (Fsp3) is 0.296. The number of hydrogen-bond acceptors (Lipinski definition) is 4. The third-order valence-electron chi connectivity index (χ3n) is 5.52. The number of amides is 1. The van der Waals surface area contributed by atoms with E-state index in [-0.39, 0.29) is 17.3 Å². The van der Waals surface area contributed by atoms with Crippen molar-refractivity contribution in [2.45, 2.75) is 37.8 Å². The van der Waals surface area contributed by atoms with Crippen LogP contribution in [0, 0.1) is 20.8 Å². The molecule has 0 spiro atoms. The van der Waals surface area contributed by atoms with E-state index in [1.165, 1.54) is 11.1 Å². The molecule has 1 amide bonds. The van der Waals surface area contributed by atoms with E-state index in [1.54, 1.807) is 42.5 Å². The van der Waals surface area contributed by atoms with Gasteiger partial charge in [0.05, 0.1) is 10.6 Å². The molecule has 0 aliphatic heterocycles. The van der Waals surface area contributed by atoms with Gasteiger partial charge in [-0.3, -0.25) is 9.10 Å². The molecule has 5 nitrogen and oxygen atoms in total. The number of nitrogens with zero attached hydrogens (tertiary/aromatic N) is 1. The number of halogens is 1. The van der Waals surface area contributed by atoms with Crippen LogP contribution in [0.25, 0.3) is 0 Å². The summed E-state index contributed by atoms with van der Waals surface area (Å²) < 4.78 is 28.0. The van der Waals surface area contributed by atoms with Crippen LogP contribution < -0.4 is 9.62 Å². The molecule has 3 aromatic carbocycles. The van der Waals surface area contributed by atoms with Crippen molar-refractivity contribution in [3.8, 4) is 0 Å². The zero-order valence-electron chi connectivity index (χ0n) is 20.3. The van der Waals surface area contributed by atoms with Crippen LogP contribution in [0.1, 0.15) is 28.7 Å². The van der Waals surface area contributed by atoms with Gasteiger partial charge in [-0.15, -0.1) is 0 Å². The van der Waals surface area contributed by atoms with E-state index < -0.39 is 10.0 Å². The summed E-state index contributed by atoms with van der Waals surface area (Å²) >= 11 is 8.08. The molecule has 35 heavy (non-hydrogen) atoms. The summed E-state index contributed by atoms with van der Waals surface area (Å²) in [5, 5.41) is 3.30. The maximum absolute atomic E-state index is 13.4. The van der Waals surface area contributed by atoms with Crippen molar-refractivity contribution in [3.05, 3.63) is 94.0 Å². The minimum Gasteiger partial charge on any atom is -0.354 e. The van der Waals surface area contributed by atoms with Gasteiger partial charge >= 0.3 is 0 Å². The van der Waals surface area contributed by atoms with Crippen molar-refractivity contribution in [1.82, 2.24) is 5.32 Å². The molecule has 0 unspecified atom stereocenters. The van der Waals surface area contributed by atoms with E-state index in [4.69, 9.17) is 11.6 Å². The van der Waals surface area contributed by atoms with E-state index in [0.29, 0.717) is 17.3 Å². The summed E-state index contributed by atoms with van der Waals surface area (Å²) in [4.78, 5) is 12.9. The standard InChI is InChI=1S/C27H31ClN2O3S2/c1-20-5-10-23(11-6-20)19-34-16-4-15-29-27(31)18-30(24-12-9-22(3)26(28)17-24)35(32,33)25-13-7-21(2)8-14-25/h5-14,17H,4,15-16,18-19H2,1-3H3,(H,29,31). The number of sulfonamides is 1. The Kier molecular flexibility index (Phi) is 9.66. The van der Waals surface area contributed by atoms with Gasteiger partial charge in [0.25, 0.3) is 10.0 Å². The molecule has 0 fully saturated rings. The third-order valence-corrected chi connectivity index (χ3v) is 8.83. The van der Waals surface area contributed by atoms with Gasteiger partial charge in [-0.05, 0) is 68.3 Å². The molecule has 0 saturated heterocycles. The number of carbonyl (C=O) groups is 1. The van der Waals surface area contributed by atoms with Crippen molar-refractivity contribution < 1.29 is 13.2 Å². The molecule has 0 bridgehead atoms. The molecular weight excluding hydrogens is 500 g/mol. The Balaban J connectivity index is 1.61. The largest absolute Gasteiger partial charge is 0.354 e. The fourth-order valence-electron chi connectivity index (χ4n) is 3.35. The van der Waals surface area contributed by atoms with Gasteiger partial charge in [0.2, 0.25) is 5.91 Å². The number of benzene rings is 3. The molecule has 8 heteroatoms. The lowest BCUT2D eigenvalue weighted by Gasteiger charge is -2.24. The Hall–Kier alpha value is -2.48. The van der Waals surface area contributed by atoms with Gasteiger partial charge in [-0.25, -0.2) is 8.42 Å². The highest BCUT2D eigenvalue weighted by atomic mass is 35.5. The van der Waals surface area contributed by atoms with Crippen molar-refractivity contribution in [1.29, 1.82) is 0 Å². The number of nitrogens with one attached hydrogen (secondary N) is 1. The lowest BCUT2D eigenvalue weighted by Crippen LogP contribution is -2.41. The van der Waals surface area contributed by atoms with E-state index in [0.717, 1.165) is 33.4 Å². The first-order valence-corrected chi connectivity index (χ1v) is 14.4. The monoisotopic (exact) mass is 530 g/mol. The number of hydrogen-bond donors (Lipinski definition) is 1. The first kappa shape index (κ1) is 27.1. The molecule has 0 saturated carbocycles. The summed E-state index contributed by atoms with van der Waals surface area (Å²) in [6, 6.07) is 20.0. The molecular formula is C27H31ClN2O3S2. The van der Waals surface area contributed by atoms with Crippen LogP contribution in [0.5, 0.6) is 0 Å². The van der Waals surface area contributed by atoms with E-state index in [9.17, 15) is 13.2 Å². The number of thioether (sulfide) groups is 1. The van der Waals surface area contributed by atoms with E-state index >= 15 is 0 Å². The SMILES string of the molecule is Cc1ccc(CSCCCNC(=O)CN(c2ccc(C)c(Cl)c2)S(=O)(=O)c2ccc(C)cc2)cc1. The van der Waals surface area contributed by atoms with Crippen LogP contribution in [-0.4, -0.2) is 33.2 Å². The third kappa shape index (κ3) is 7.75. The van der Waals surface area contributed by atoms with E-state index in [1.807, 2.05) is 25.6 Å². The summed E-state index contributed by atoms with van der Waals surface area (Å²) in [5.74, 6) is 1.46. The Labute approximate surface area is 217 Å². The molecule has 3 rings (SSSR count). The normalized spacial score (nSPS) is 11.3. The average Bonchev–Trinajstić information content (AvgIpc) is 2.83. The van der Waals surface area contributed by atoms with Gasteiger partial charge in [-0.2, -0.15) is 11.8 Å². The summed E-state index contributed by atoms with van der Waals surface area (Å²) in [5.41, 5.74) is 4.65. The molecule has 0 radical (unpaired) electrons. The van der Waals surface area contributed by atoms with Gasteiger partial charge in [0.15, 0.2) is 0 Å². The molecule has 0 aliphatic rings. The summed E-state index contributed by atoms with van der Waals surface area (Å²) in [6.07, 6.45) is 0.795. The minimum atomic E-state index is -3.96. The maximum Gasteiger partial charge on any atom is 0.264 e. The molecule has 0 atom stereocenters.